The number of rotatable bonds is 6. The number of carboxylic acids is 1. The molecule has 2 aromatic heterocycles. The molecule has 0 radical (unpaired) electrons. The number of carbonyl (C=O) groups is 3. The fourth-order valence-electron chi connectivity index (χ4n) is 2.91. The Kier molecular flexibility index (Phi) is 5.62. The maximum absolute atomic E-state index is 12.5. The van der Waals surface area contributed by atoms with E-state index in [2.05, 4.69) is 10.6 Å². The van der Waals surface area contributed by atoms with E-state index < -0.39 is 17.3 Å². The molecule has 1 aliphatic rings. The van der Waals surface area contributed by atoms with Gasteiger partial charge in [0.15, 0.2) is 5.76 Å². The summed E-state index contributed by atoms with van der Waals surface area (Å²) >= 11 is 1.13. The Hall–Kier alpha value is -2.65. The number of amides is 2. The van der Waals surface area contributed by atoms with E-state index in [-0.39, 0.29) is 18.2 Å². The molecule has 3 heterocycles. The third kappa shape index (κ3) is 4.20. The zero-order valence-electron chi connectivity index (χ0n) is 14.7. The number of carboxylic acid groups (broad SMARTS) is 1. The van der Waals surface area contributed by atoms with Crippen LogP contribution >= 0.6 is 11.3 Å². The van der Waals surface area contributed by atoms with Gasteiger partial charge in [-0.25, -0.2) is 0 Å². The second-order valence-electron chi connectivity index (χ2n) is 6.43. The van der Waals surface area contributed by atoms with E-state index >= 15 is 0 Å². The van der Waals surface area contributed by atoms with Crippen molar-refractivity contribution in [2.24, 2.45) is 5.41 Å². The number of thiophene rings is 1. The third-order valence-electron chi connectivity index (χ3n) is 4.60. The standard InChI is InChI=1S/C18H20N2O6S/c1-11-9-13(20-15(21)12-3-2-6-26-12)27-14(11)16(22)19-10-18(17(23)24)4-7-25-8-5-18/h2-3,6,9H,4-5,7-8,10H2,1H3,(H,19,22)(H,20,21)(H,23,24). The molecule has 0 aromatic carbocycles. The maximum Gasteiger partial charge on any atom is 0.311 e. The van der Waals surface area contributed by atoms with Crippen molar-refractivity contribution in [3.05, 3.63) is 40.7 Å². The second kappa shape index (κ2) is 7.93. The lowest BCUT2D eigenvalue weighted by Gasteiger charge is -2.33. The van der Waals surface area contributed by atoms with Crippen LogP contribution in [-0.2, 0) is 9.53 Å². The molecule has 3 N–H and O–H groups in total. The predicted molar refractivity (Wildman–Crippen MR) is 98.2 cm³/mol. The summed E-state index contributed by atoms with van der Waals surface area (Å²) in [7, 11) is 0. The van der Waals surface area contributed by atoms with E-state index in [1.165, 1.54) is 6.26 Å². The van der Waals surface area contributed by atoms with Crippen LogP contribution in [0, 0.1) is 12.3 Å². The zero-order chi connectivity index (χ0) is 19.4. The minimum Gasteiger partial charge on any atom is -0.481 e. The molecule has 0 aliphatic carbocycles. The molecule has 2 amide bonds. The Labute approximate surface area is 159 Å². The molecule has 2 aromatic rings. The molecule has 9 heteroatoms. The Morgan fingerprint density at radius 3 is 2.63 bits per heavy atom. The van der Waals surface area contributed by atoms with Gasteiger partial charge in [0, 0.05) is 19.8 Å². The molecule has 0 saturated carbocycles. The first-order valence-corrected chi connectivity index (χ1v) is 9.27. The summed E-state index contributed by atoms with van der Waals surface area (Å²) in [4.78, 5) is 36.7. The molecule has 0 spiro atoms. The number of carbonyl (C=O) groups excluding carboxylic acids is 2. The molecule has 27 heavy (non-hydrogen) atoms. The van der Waals surface area contributed by atoms with Crippen LogP contribution in [0.25, 0.3) is 0 Å². The molecule has 0 atom stereocenters. The van der Waals surface area contributed by atoms with Crippen LogP contribution in [0.15, 0.2) is 28.9 Å². The smallest absolute Gasteiger partial charge is 0.311 e. The van der Waals surface area contributed by atoms with Gasteiger partial charge in [-0.2, -0.15) is 0 Å². The summed E-state index contributed by atoms with van der Waals surface area (Å²) in [6.45, 7) is 2.53. The molecule has 8 nitrogen and oxygen atoms in total. The number of hydrogen-bond acceptors (Lipinski definition) is 6. The highest BCUT2D eigenvalue weighted by Crippen LogP contribution is 2.31. The van der Waals surface area contributed by atoms with Crippen LogP contribution in [0.1, 0.15) is 38.6 Å². The first kappa shape index (κ1) is 19.1. The number of nitrogens with one attached hydrogen (secondary N) is 2. The van der Waals surface area contributed by atoms with Gasteiger partial charge in [-0.15, -0.1) is 11.3 Å². The van der Waals surface area contributed by atoms with Crippen molar-refractivity contribution in [3.63, 3.8) is 0 Å². The summed E-state index contributed by atoms with van der Waals surface area (Å²) in [5, 5.41) is 15.5. The lowest BCUT2D eigenvalue weighted by Crippen LogP contribution is -2.46. The van der Waals surface area contributed by atoms with Crippen LogP contribution in [0.5, 0.6) is 0 Å². The van der Waals surface area contributed by atoms with Gasteiger partial charge < -0.3 is 24.9 Å². The van der Waals surface area contributed by atoms with Crippen LogP contribution in [0.2, 0.25) is 0 Å². The van der Waals surface area contributed by atoms with Crippen molar-refractivity contribution in [1.82, 2.24) is 5.32 Å². The highest BCUT2D eigenvalue weighted by atomic mass is 32.1. The average Bonchev–Trinajstić information content (AvgIpc) is 3.30. The molecule has 144 valence electrons. The van der Waals surface area contributed by atoms with Crippen molar-refractivity contribution >= 4 is 34.1 Å². The largest absolute Gasteiger partial charge is 0.481 e. The summed E-state index contributed by atoms with van der Waals surface area (Å²) in [5.74, 6) is -1.52. The molecule has 0 unspecified atom stereocenters. The molecule has 1 saturated heterocycles. The van der Waals surface area contributed by atoms with Crippen LogP contribution in [0.3, 0.4) is 0 Å². The van der Waals surface area contributed by atoms with Crippen molar-refractivity contribution in [3.8, 4) is 0 Å². The predicted octanol–water partition coefficient (Wildman–Crippen LogP) is 2.51. The van der Waals surface area contributed by atoms with E-state index in [9.17, 15) is 19.5 Å². The number of aliphatic carboxylic acids is 1. The van der Waals surface area contributed by atoms with E-state index in [1.807, 2.05) is 0 Å². The van der Waals surface area contributed by atoms with Gasteiger partial charge >= 0.3 is 5.97 Å². The van der Waals surface area contributed by atoms with Crippen molar-refractivity contribution in [1.29, 1.82) is 0 Å². The maximum atomic E-state index is 12.5. The van der Waals surface area contributed by atoms with Crippen molar-refractivity contribution in [2.45, 2.75) is 19.8 Å². The zero-order valence-corrected chi connectivity index (χ0v) is 15.6. The van der Waals surface area contributed by atoms with Crippen LogP contribution in [-0.4, -0.2) is 42.6 Å². The minimum atomic E-state index is -1.00. The van der Waals surface area contributed by atoms with Gasteiger partial charge in [0.25, 0.3) is 11.8 Å². The number of furan rings is 1. The highest BCUT2D eigenvalue weighted by molar-refractivity contribution is 7.18. The van der Waals surface area contributed by atoms with E-state index in [1.54, 1.807) is 25.1 Å². The Morgan fingerprint density at radius 2 is 2.00 bits per heavy atom. The Balaban J connectivity index is 1.65. The highest BCUT2D eigenvalue weighted by Gasteiger charge is 2.40. The summed E-state index contributed by atoms with van der Waals surface area (Å²) < 4.78 is 10.3. The van der Waals surface area contributed by atoms with Crippen LogP contribution < -0.4 is 10.6 Å². The number of aryl methyl sites for hydroxylation is 1. The molecular formula is C18H20N2O6S. The lowest BCUT2D eigenvalue weighted by molar-refractivity contribution is -0.154. The monoisotopic (exact) mass is 392 g/mol. The van der Waals surface area contributed by atoms with Gasteiger partial charge in [0.1, 0.15) is 0 Å². The molecule has 1 aliphatic heterocycles. The van der Waals surface area contributed by atoms with Gasteiger partial charge in [-0.05, 0) is 43.5 Å². The first-order valence-electron chi connectivity index (χ1n) is 8.46. The van der Waals surface area contributed by atoms with Gasteiger partial charge in [0.2, 0.25) is 0 Å². The lowest BCUT2D eigenvalue weighted by atomic mass is 9.80. The molecule has 3 rings (SSSR count). The van der Waals surface area contributed by atoms with Gasteiger partial charge in [0.05, 0.1) is 21.6 Å². The van der Waals surface area contributed by atoms with Gasteiger partial charge in [-0.1, -0.05) is 0 Å². The summed E-state index contributed by atoms with van der Waals surface area (Å²) in [5.41, 5.74) is -0.307. The Morgan fingerprint density at radius 1 is 1.26 bits per heavy atom. The van der Waals surface area contributed by atoms with Crippen molar-refractivity contribution in [2.75, 3.05) is 25.1 Å². The SMILES string of the molecule is Cc1cc(NC(=O)c2ccco2)sc1C(=O)NCC1(C(=O)O)CCOCC1. The van der Waals surface area contributed by atoms with E-state index in [0.29, 0.717) is 41.5 Å². The number of anilines is 1. The Bertz CT molecular complexity index is 836. The third-order valence-corrected chi connectivity index (χ3v) is 5.75. The average molecular weight is 392 g/mol. The fraction of sp³-hybridized carbons (Fsp3) is 0.389. The topological polar surface area (TPSA) is 118 Å². The fourth-order valence-corrected chi connectivity index (χ4v) is 3.89. The summed E-state index contributed by atoms with van der Waals surface area (Å²) in [6, 6.07) is 4.85. The minimum absolute atomic E-state index is 0.0377. The summed E-state index contributed by atoms with van der Waals surface area (Å²) in [6.07, 6.45) is 2.12. The quantitative estimate of drug-likeness (QED) is 0.695. The number of hydrogen-bond donors (Lipinski definition) is 3. The van der Waals surface area contributed by atoms with E-state index in [4.69, 9.17) is 9.15 Å². The molecule has 1 fully saturated rings. The van der Waals surface area contributed by atoms with E-state index in [0.717, 1.165) is 11.3 Å². The second-order valence-corrected chi connectivity index (χ2v) is 7.49. The van der Waals surface area contributed by atoms with Crippen LogP contribution in [0.4, 0.5) is 5.00 Å². The first-order chi connectivity index (χ1) is 12.9. The normalized spacial score (nSPS) is 15.9. The molecule has 0 bridgehead atoms. The number of ether oxygens (including phenoxy) is 1. The molecular weight excluding hydrogens is 372 g/mol. The van der Waals surface area contributed by atoms with Gasteiger partial charge in [-0.3, -0.25) is 14.4 Å². The van der Waals surface area contributed by atoms with Crippen molar-refractivity contribution < 1.29 is 28.6 Å².